The Morgan fingerprint density at radius 1 is 1.31 bits per heavy atom. The Balaban J connectivity index is 2.31. The maximum Gasteiger partial charge on any atom is 0.137 e. The number of ether oxygens (including phenoxy) is 1. The van der Waals surface area contributed by atoms with Crippen molar-refractivity contribution in [1.82, 2.24) is 0 Å². The van der Waals surface area contributed by atoms with Gasteiger partial charge in [0.05, 0.1) is 17.0 Å². The van der Waals surface area contributed by atoms with Crippen LogP contribution in [-0.2, 0) is 0 Å². The largest absolute Gasteiger partial charge is 0.495 e. The molecule has 16 heavy (non-hydrogen) atoms. The Morgan fingerprint density at radius 3 is 2.69 bits per heavy atom. The number of hydrogen-bond acceptors (Lipinski definition) is 2. The van der Waals surface area contributed by atoms with Gasteiger partial charge in [0.2, 0.25) is 0 Å². The van der Waals surface area contributed by atoms with E-state index in [9.17, 15) is 0 Å². The second-order valence-corrected chi connectivity index (χ2v) is 5.42. The molecule has 1 nitrogen and oxygen atoms in total. The normalized spacial score (nSPS) is 12.4. The molecule has 1 aromatic carbocycles. The molecule has 0 radical (unpaired) electrons. The lowest BCUT2D eigenvalue weighted by Crippen LogP contribution is -1.92. The van der Waals surface area contributed by atoms with Crippen molar-refractivity contribution in [2.75, 3.05) is 7.11 Å². The van der Waals surface area contributed by atoms with E-state index in [4.69, 9.17) is 16.3 Å². The van der Waals surface area contributed by atoms with Crippen molar-refractivity contribution in [3.63, 3.8) is 0 Å². The molecular weight excluding hydrogens is 308 g/mol. The molecule has 2 aromatic rings. The second kappa shape index (κ2) is 5.21. The first-order valence-electron chi connectivity index (χ1n) is 4.72. The third-order valence-corrected chi connectivity index (χ3v) is 4.36. The van der Waals surface area contributed by atoms with Gasteiger partial charge in [0, 0.05) is 0 Å². The summed E-state index contributed by atoms with van der Waals surface area (Å²) in [6.45, 7) is 0. The Bertz CT molecular complexity index is 470. The predicted molar refractivity (Wildman–Crippen MR) is 73.1 cm³/mol. The SMILES string of the molecule is COc1ccc(C(Br)c2ccsc2)cc1Cl. The van der Waals surface area contributed by atoms with Crippen molar-refractivity contribution in [3.8, 4) is 5.75 Å². The lowest BCUT2D eigenvalue weighted by molar-refractivity contribution is 0.415. The van der Waals surface area contributed by atoms with Crippen LogP contribution in [0.5, 0.6) is 5.75 Å². The Morgan fingerprint density at radius 2 is 2.12 bits per heavy atom. The molecule has 4 heteroatoms. The quantitative estimate of drug-likeness (QED) is 0.732. The fourth-order valence-corrected chi connectivity index (χ4v) is 3.15. The third-order valence-electron chi connectivity index (χ3n) is 2.30. The van der Waals surface area contributed by atoms with E-state index in [1.54, 1.807) is 18.4 Å². The van der Waals surface area contributed by atoms with Crippen LogP contribution in [0.4, 0.5) is 0 Å². The summed E-state index contributed by atoms with van der Waals surface area (Å²) in [4.78, 5) is 0.183. The summed E-state index contributed by atoms with van der Waals surface area (Å²) in [6, 6.07) is 7.93. The van der Waals surface area contributed by atoms with Crippen LogP contribution in [0.15, 0.2) is 35.0 Å². The maximum atomic E-state index is 6.09. The van der Waals surface area contributed by atoms with Gasteiger partial charge < -0.3 is 4.74 Å². The van der Waals surface area contributed by atoms with E-state index in [0.29, 0.717) is 10.8 Å². The van der Waals surface area contributed by atoms with Crippen molar-refractivity contribution >= 4 is 38.9 Å². The van der Waals surface area contributed by atoms with E-state index in [1.165, 1.54) is 5.56 Å². The summed E-state index contributed by atoms with van der Waals surface area (Å²) in [5.74, 6) is 0.704. The molecular formula is C12H10BrClOS. The van der Waals surface area contributed by atoms with Crippen LogP contribution < -0.4 is 4.74 Å². The maximum absolute atomic E-state index is 6.09. The second-order valence-electron chi connectivity index (χ2n) is 3.31. The topological polar surface area (TPSA) is 9.23 Å². The molecule has 1 heterocycles. The number of rotatable bonds is 3. The van der Waals surface area contributed by atoms with E-state index < -0.39 is 0 Å². The Kier molecular flexibility index (Phi) is 3.90. The van der Waals surface area contributed by atoms with Crippen LogP contribution in [0.3, 0.4) is 0 Å². The fraction of sp³-hybridized carbons (Fsp3) is 0.167. The molecule has 0 saturated carbocycles. The fourth-order valence-electron chi connectivity index (χ4n) is 1.45. The van der Waals surface area contributed by atoms with Gasteiger partial charge in [0.25, 0.3) is 0 Å². The molecule has 0 aliphatic rings. The summed E-state index contributed by atoms with van der Waals surface area (Å²) in [5, 5.41) is 4.83. The van der Waals surface area contributed by atoms with Gasteiger partial charge in [-0.1, -0.05) is 33.6 Å². The smallest absolute Gasteiger partial charge is 0.137 e. The van der Waals surface area contributed by atoms with E-state index in [1.807, 2.05) is 18.2 Å². The van der Waals surface area contributed by atoms with E-state index in [0.717, 1.165) is 5.56 Å². The van der Waals surface area contributed by atoms with Crippen LogP contribution in [0.25, 0.3) is 0 Å². The van der Waals surface area contributed by atoms with Crippen LogP contribution >= 0.6 is 38.9 Å². The minimum atomic E-state index is 0.183. The van der Waals surface area contributed by atoms with Gasteiger partial charge in [-0.25, -0.2) is 0 Å². The molecule has 84 valence electrons. The molecule has 0 N–H and O–H groups in total. The van der Waals surface area contributed by atoms with Crippen molar-refractivity contribution < 1.29 is 4.74 Å². The van der Waals surface area contributed by atoms with Gasteiger partial charge in [-0.05, 0) is 40.1 Å². The number of benzene rings is 1. The van der Waals surface area contributed by atoms with Gasteiger partial charge in [-0.3, -0.25) is 0 Å². The van der Waals surface area contributed by atoms with Crippen molar-refractivity contribution in [3.05, 3.63) is 51.2 Å². The first-order chi connectivity index (χ1) is 7.72. The molecule has 0 saturated heterocycles. The van der Waals surface area contributed by atoms with Crippen LogP contribution in [0, 0.1) is 0 Å². The van der Waals surface area contributed by atoms with E-state index in [2.05, 4.69) is 32.8 Å². The average molecular weight is 318 g/mol. The summed E-state index contributed by atoms with van der Waals surface area (Å²) >= 11 is 11.4. The lowest BCUT2D eigenvalue weighted by atomic mass is 10.1. The highest BCUT2D eigenvalue weighted by atomic mass is 79.9. The molecule has 2 rings (SSSR count). The monoisotopic (exact) mass is 316 g/mol. The van der Waals surface area contributed by atoms with Gasteiger partial charge >= 0.3 is 0 Å². The third kappa shape index (κ3) is 2.42. The molecule has 1 unspecified atom stereocenters. The van der Waals surface area contributed by atoms with Crippen LogP contribution in [-0.4, -0.2) is 7.11 Å². The molecule has 0 bridgehead atoms. The summed E-state index contributed by atoms with van der Waals surface area (Å²) in [5.41, 5.74) is 2.37. The minimum absolute atomic E-state index is 0.183. The molecule has 0 amide bonds. The first kappa shape index (κ1) is 12.0. The van der Waals surface area contributed by atoms with E-state index >= 15 is 0 Å². The van der Waals surface area contributed by atoms with Crippen molar-refractivity contribution in [1.29, 1.82) is 0 Å². The van der Waals surface area contributed by atoms with Crippen LogP contribution in [0.2, 0.25) is 5.02 Å². The highest BCUT2D eigenvalue weighted by Crippen LogP contribution is 2.35. The average Bonchev–Trinajstić information content (AvgIpc) is 2.81. The zero-order valence-electron chi connectivity index (χ0n) is 8.61. The Hall–Kier alpha value is -0.510. The number of thiophene rings is 1. The molecule has 1 aromatic heterocycles. The van der Waals surface area contributed by atoms with E-state index in [-0.39, 0.29) is 4.83 Å². The van der Waals surface area contributed by atoms with Crippen molar-refractivity contribution in [2.45, 2.75) is 4.83 Å². The number of alkyl halides is 1. The lowest BCUT2D eigenvalue weighted by Gasteiger charge is -2.10. The zero-order valence-corrected chi connectivity index (χ0v) is 11.8. The predicted octanol–water partition coefficient (Wildman–Crippen LogP) is 4.89. The highest BCUT2D eigenvalue weighted by Gasteiger charge is 2.12. The standard InChI is InChI=1S/C12H10BrClOS/c1-15-11-3-2-8(6-10(11)14)12(13)9-4-5-16-7-9/h2-7,12H,1H3. The number of halogens is 2. The molecule has 1 atom stereocenters. The summed E-state index contributed by atoms with van der Waals surface area (Å²) in [6.07, 6.45) is 0. The number of methoxy groups -OCH3 is 1. The Labute approximate surface area is 112 Å². The van der Waals surface area contributed by atoms with Gasteiger partial charge in [-0.2, -0.15) is 11.3 Å². The summed E-state index contributed by atoms with van der Waals surface area (Å²) < 4.78 is 5.13. The van der Waals surface area contributed by atoms with Gasteiger partial charge in [-0.15, -0.1) is 0 Å². The van der Waals surface area contributed by atoms with Gasteiger partial charge in [0.1, 0.15) is 5.75 Å². The highest BCUT2D eigenvalue weighted by molar-refractivity contribution is 9.09. The van der Waals surface area contributed by atoms with Gasteiger partial charge in [0.15, 0.2) is 0 Å². The summed E-state index contributed by atoms with van der Waals surface area (Å²) in [7, 11) is 1.62. The molecule has 0 aliphatic carbocycles. The molecule has 0 aliphatic heterocycles. The first-order valence-corrected chi connectivity index (χ1v) is 6.95. The zero-order chi connectivity index (χ0) is 11.5. The minimum Gasteiger partial charge on any atom is -0.495 e. The van der Waals surface area contributed by atoms with Crippen molar-refractivity contribution in [2.24, 2.45) is 0 Å². The molecule has 0 fully saturated rings. The number of hydrogen-bond donors (Lipinski definition) is 0. The van der Waals surface area contributed by atoms with Crippen LogP contribution in [0.1, 0.15) is 16.0 Å². The molecule has 0 spiro atoms.